The minimum absolute atomic E-state index is 0.0182. The lowest BCUT2D eigenvalue weighted by molar-refractivity contribution is 0.0784. The number of amides is 1. The molecule has 0 aliphatic rings. The van der Waals surface area contributed by atoms with E-state index in [-0.39, 0.29) is 5.91 Å². The summed E-state index contributed by atoms with van der Waals surface area (Å²) in [7, 11) is 3.45. The fourth-order valence-corrected chi connectivity index (χ4v) is 2.49. The van der Waals surface area contributed by atoms with Crippen molar-refractivity contribution in [2.24, 2.45) is 0 Å². The first-order valence-electron chi connectivity index (χ1n) is 6.66. The van der Waals surface area contributed by atoms with Crippen molar-refractivity contribution < 1.29 is 9.53 Å². The van der Waals surface area contributed by atoms with Gasteiger partial charge in [-0.3, -0.25) is 4.79 Å². The van der Waals surface area contributed by atoms with E-state index in [2.05, 4.69) is 15.9 Å². The molecule has 0 radical (unpaired) electrons. The number of methoxy groups -OCH3 is 1. The average Bonchev–Trinajstić information content (AvgIpc) is 2.50. The van der Waals surface area contributed by atoms with Gasteiger partial charge in [-0.1, -0.05) is 34.1 Å². The van der Waals surface area contributed by atoms with Crippen LogP contribution < -0.4 is 4.74 Å². The van der Waals surface area contributed by atoms with Crippen LogP contribution in [0.3, 0.4) is 0 Å². The molecule has 0 bridgehead atoms. The lowest BCUT2D eigenvalue weighted by atomic mass is 10.1. The molecule has 110 valence electrons. The van der Waals surface area contributed by atoms with Crippen LogP contribution in [0.5, 0.6) is 5.75 Å². The van der Waals surface area contributed by atoms with E-state index in [0.29, 0.717) is 6.54 Å². The summed E-state index contributed by atoms with van der Waals surface area (Å²) in [4.78, 5) is 14.2. The van der Waals surface area contributed by atoms with E-state index < -0.39 is 0 Å². The predicted octanol–water partition coefficient (Wildman–Crippen LogP) is 4.04. The van der Waals surface area contributed by atoms with Gasteiger partial charge in [-0.2, -0.15) is 0 Å². The molecule has 2 aromatic rings. The molecule has 2 aromatic carbocycles. The van der Waals surface area contributed by atoms with Crippen molar-refractivity contribution in [3.63, 3.8) is 0 Å². The lowest BCUT2D eigenvalue weighted by Gasteiger charge is -2.19. The molecule has 0 aliphatic heterocycles. The molecule has 3 nitrogen and oxygen atoms in total. The zero-order valence-electron chi connectivity index (χ0n) is 12.4. The van der Waals surface area contributed by atoms with E-state index in [1.54, 1.807) is 12.0 Å². The molecule has 0 atom stereocenters. The number of halogens is 1. The molecular weight excluding hydrogens is 330 g/mol. The largest absolute Gasteiger partial charge is 0.497 e. The number of ether oxygens (including phenoxy) is 1. The molecule has 0 spiro atoms. The monoisotopic (exact) mass is 347 g/mol. The second-order valence-corrected chi connectivity index (χ2v) is 5.78. The summed E-state index contributed by atoms with van der Waals surface area (Å²) in [6, 6.07) is 13.4. The highest BCUT2D eigenvalue weighted by Gasteiger charge is 2.15. The van der Waals surface area contributed by atoms with Crippen molar-refractivity contribution in [2.45, 2.75) is 13.5 Å². The van der Waals surface area contributed by atoms with Gasteiger partial charge in [-0.15, -0.1) is 0 Å². The number of hydrogen-bond acceptors (Lipinski definition) is 2. The van der Waals surface area contributed by atoms with Crippen LogP contribution in [-0.4, -0.2) is 25.0 Å². The molecule has 0 unspecified atom stereocenters. The minimum Gasteiger partial charge on any atom is -0.497 e. The second-order valence-electron chi connectivity index (χ2n) is 4.92. The Balaban J connectivity index is 2.13. The third-order valence-electron chi connectivity index (χ3n) is 3.42. The zero-order chi connectivity index (χ0) is 15.4. The van der Waals surface area contributed by atoms with Crippen molar-refractivity contribution in [3.8, 4) is 5.75 Å². The summed E-state index contributed by atoms with van der Waals surface area (Å²) in [5.41, 5.74) is 2.75. The molecule has 0 heterocycles. The molecule has 0 aliphatic carbocycles. The van der Waals surface area contributed by atoms with Crippen molar-refractivity contribution >= 4 is 21.8 Å². The van der Waals surface area contributed by atoms with Gasteiger partial charge in [0.15, 0.2) is 0 Å². The molecular formula is C17H18BrNO2. The van der Waals surface area contributed by atoms with Crippen molar-refractivity contribution in [1.82, 2.24) is 4.90 Å². The Labute approximate surface area is 133 Å². The second kappa shape index (κ2) is 6.76. The molecule has 21 heavy (non-hydrogen) atoms. The van der Waals surface area contributed by atoms with E-state index in [1.807, 2.05) is 56.4 Å². The molecule has 0 fully saturated rings. The Bertz CT molecular complexity index is 638. The third-order valence-corrected chi connectivity index (χ3v) is 4.28. The summed E-state index contributed by atoms with van der Waals surface area (Å²) in [6.07, 6.45) is 0. The lowest BCUT2D eigenvalue weighted by Crippen LogP contribution is -2.26. The fraction of sp³-hybridized carbons (Fsp3) is 0.235. The maximum atomic E-state index is 12.5. The highest BCUT2D eigenvalue weighted by Crippen LogP contribution is 2.21. The smallest absolute Gasteiger partial charge is 0.254 e. The summed E-state index contributed by atoms with van der Waals surface area (Å²) in [5, 5.41) is 0. The molecule has 1 amide bonds. The molecule has 4 heteroatoms. The van der Waals surface area contributed by atoms with Gasteiger partial charge in [-0.25, -0.2) is 0 Å². The average molecular weight is 348 g/mol. The number of carbonyl (C=O) groups excluding carboxylic acids is 1. The maximum Gasteiger partial charge on any atom is 0.254 e. The van der Waals surface area contributed by atoms with E-state index in [0.717, 1.165) is 26.9 Å². The third kappa shape index (κ3) is 3.64. The van der Waals surface area contributed by atoms with E-state index in [9.17, 15) is 4.79 Å². The molecule has 2 rings (SSSR count). The van der Waals surface area contributed by atoms with Gasteiger partial charge in [-0.05, 0) is 42.3 Å². The number of rotatable bonds is 4. The number of nitrogens with zero attached hydrogens (tertiary/aromatic N) is 1. The Morgan fingerprint density at radius 2 is 1.86 bits per heavy atom. The Hall–Kier alpha value is -1.81. The first-order valence-corrected chi connectivity index (χ1v) is 7.45. The van der Waals surface area contributed by atoms with Gasteiger partial charge in [0.05, 0.1) is 7.11 Å². The minimum atomic E-state index is 0.0182. The summed E-state index contributed by atoms with van der Waals surface area (Å²) in [6.45, 7) is 2.51. The SMILES string of the molecule is COc1ccc(CN(C)C(=O)c2cccc(Br)c2C)cc1. The van der Waals surface area contributed by atoms with E-state index in [4.69, 9.17) is 4.74 Å². The number of carbonyl (C=O) groups is 1. The maximum absolute atomic E-state index is 12.5. The van der Waals surface area contributed by atoms with Gasteiger partial charge in [0, 0.05) is 23.6 Å². The van der Waals surface area contributed by atoms with Crippen LogP contribution in [0.25, 0.3) is 0 Å². The zero-order valence-corrected chi connectivity index (χ0v) is 14.0. The first-order chi connectivity index (χ1) is 10.0. The van der Waals surface area contributed by atoms with Crippen molar-refractivity contribution in [3.05, 3.63) is 63.6 Å². The fourth-order valence-electron chi connectivity index (χ4n) is 2.12. The van der Waals surface area contributed by atoms with E-state index in [1.165, 1.54) is 0 Å². The van der Waals surface area contributed by atoms with Crippen LogP contribution in [0.15, 0.2) is 46.9 Å². The Kier molecular flexibility index (Phi) is 5.02. The highest BCUT2D eigenvalue weighted by atomic mass is 79.9. The predicted molar refractivity (Wildman–Crippen MR) is 87.7 cm³/mol. The van der Waals surface area contributed by atoms with Crippen LogP contribution in [0.4, 0.5) is 0 Å². The van der Waals surface area contributed by atoms with Gasteiger partial charge < -0.3 is 9.64 Å². The highest BCUT2D eigenvalue weighted by molar-refractivity contribution is 9.10. The number of benzene rings is 2. The first kappa shape index (κ1) is 15.6. The molecule has 0 aromatic heterocycles. The molecule has 0 saturated carbocycles. The van der Waals surface area contributed by atoms with Crippen molar-refractivity contribution in [2.75, 3.05) is 14.2 Å². The van der Waals surface area contributed by atoms with Crippen LogP contribution in [0.2, 0.25) is 0 Å². The quantitative estimate of drug-likeness (QED) is 0.835. The van der Waals surface area contributed by atoms with Crippen molar-refractivity contribution in [1.29, 1.82) is 0 Å². The van der Waals surface area contributed by atoms with E-state index >= 15 is 0 Å². The summed E-state index contributed by atoms with van der Waals surface area (Å²) >= 11 is 3.46. The van der Waals surface area contributed by atoms with Crippen LogP contribution >= 0.6 is 15.9 Å². The Morgan fingerprint density at radius 1 is 1.19 bits per heavy atom. The van der Waals surface area contributed by atoms with Gasteiger partial charge in [0.25, 0.3) is 5.91 Å². The van der Waals surface area contributed by atoms with Crippen LogP contribution in [-0.2, 0) is 6.54 Å². The normalized spacial score (nSPS) is 10.3. The Morgan fingerprint density at radius 3 is 2.48 bits per heavy atom. The van der Waals surface area contributed by atoms with Crippen LogP contribution in [0.1, 0.15) is 21.5 Å². The van der Waals surface area contributed by atoms with Gasteiger partial charge in [0.1, 0.15) is 5.75 Å². The molecule has 0 N–H and O–H groups in total. The topological polar surface area (TPSA) is 29.5 Å². The summed E-state index contributed by atoms with van der Waals surface area (Å²) in [5.74, 6) is 0.834. The van der Waals surface area contributed by atoms with Gasteiger partial charge >= 0.3 is 0 Å². The number of hydrogen-bond donors (Lipinski definition) is 0. The molecule has 0 saturated heterocycles. The standard InChI is InChI=1S/C17H18BrNO2/c1-12-15(5-4-6-16(12)18)17(20)19(2)11-13-7-9-14(21-3)10-8-13/h4-10H,11H2,1-3H3. The van der Waals surface area contributed by atoms with Gasteiger partial charge in [0.2, 0.25) is 0 Å². The van der Waals surface area contributed by atoms with Crippen LogP contribution in [0, 0.1) is 6.92 Å². The summed E-state index contributed by atoms with van der Waals surface area (Å²) < 4.78 is 6.08.